The van der Waals surface area contributed by atoms with Gasteiger partial charge in [0.1, 0.15) is 11.5 Å². The summed E-state index contributed by atoms with van der Waals surface area (Å²) >= 11 is 0. The summed E-state index contributed by atoms with van der Waals surface area (Å²) in [5.74, 6) is 1.73. The van der Waals surface area contributed by atoms with Gasteiger partial charge in [-0.1, -0.05) is 24.3 Å². The molecule has 0 N–H and O–H groups in total. The highest BCUT2D eigenvalue weighted by Crippen LogP contribution is 2.16. The predicted molar refractivity (Wildman–Crippen MR) is 111 cm³/mol. The molecule has 1 fully saturated rings. The van der Waals surface area contributed by atoms with E-state index < -0.39 is 0 Å². The maximum absolute atomic E-state index is 12.6. The van der Waals surface area contributed by atoms with Crippen molar-refractivity contribution >= 4 is 11.8 Å². The van der Waals surface area contributed by atoms with Crippen LogP contribution in [0, 0.1) is 0 Å². The van der Waals surface area contributed by atoms with Crippen LogP contribution in [0.2, 0.25) is 0 Å². The molecule has 1 heterocycles. The van der Waals surface area contributed by atoms with E-state index in [-0.39, 0.29) is 11.8 Å². The molecular formula is C23H28N2O4. The Bertz CT molecular complexity index is 827. The van der Waals surface area contributed by atoms with Crippen molar-refractivity contribution < 1.29 is 19.1 Å². The Hall–Kier alpha value is -3.02. The van der Waals surface area contributed by atoms with Crippen LogP contribution in [-0.4, -0.2) is 61.5 Å². The SMILES string of the molecule is CCOc1ccc(CC(=O)N2CCN(C(=O)Cc3cccc(OC)c3)CC2)cc1. The first-order valence-corrected chi connectivity index (χ1v) is 9.99. The Morgan fingerprint density at radius 2 is 1.41 bits per heavy atom. The molecule has 6 heteroatoms. The van der Waals surface area contributed by atoms with Crippen molar-refractivity contribution in [1.82, 2.24) is 9.80 Å². The first-order valence-electron chi connectivity index (χ1n) is 9.99. The van der Waals surface area contributed by atoms with E-state index in [9.17, 15) is 9.59 Å². The van der Waals surface area contributed by atoms with E-state index in [4.69, 9.17) is 9.47 Å². The van der Waals surface area contributed by atoms with Crippen molar-refractivity contribution in [3.63, 3.8) is 0 Å². The van der Waals surface area contributed by atoms with Crippen molar-refractivity contribution in [2.75, 3.05) is 39.9 Å². The third kappa shape index (κ3) is 5.73. The minimum atomic E-state index is 0.0804. The zero-order valence-corrected chi connectivity index (χ0v) is 17.1. The molecule has 6 nitrogen and oxygen atoms in total. The van der Waals surface area contributed by atoms with E-state index in [1.807, 2.05) is 65.3 Å². The Morgan fingerprint density at radius 3 is 1.97 bits per heavy atom. The van der Waals surface area contributed by atoms with Crippen LogP contribution in [0.3, 0.4) is 0 Å². The third-order valence-electron chi connectivity index (χ3n) is 5.06. The summed E-state index contributed by atoms with van der Waals surface area (Å²) in [4.78, 5) is 28.9. The number of amides is 2. The highest BCUT2D eigenvalue weighted by atomic mass is 16.5. The smallest absolute Gasteiger partial charge is 0.227 e. The molecule has 0 bridgehead atoms. The number of hydrogen-bond donors (Lipinski definition) is 0. The van der Waals surface area contributed by atoms with Gasteiger partial charge in [0.2, 0.25) is 11.8 Å². The van der Waals surface area contributed by atoms with Crippen molar-refractivity contribution in [2.45, 2.75) is 19.8 Å². The average Bonchev–Trinajstić information content (AvgIpc) is 2.75. The first kappa shape index (κ1) is 20.7. The van der Waals surface area contributed by atoms with E-state index >= 15 is 0 Å². The number of piperazine rings is 1. The van der Waals surface area contributed by atoms with E-state index in [0.717, 1.165) is 22.6 Å². The second-order valence-corrected chi connectivity index (χ2v) is 7.04. The highest BCUT2D eigenvalue weighted by Gasteiger charge is 2.24. The van der Waals surface area contributed by atoms with Gasteiger partial charge in [0.05, 0.1) is 26.6 Å². The molecule has 0 radical (unpaired) electrons. The van der Waals surface area contributed by atoms with Gasteiger partial charge in [-0.25, -0.2) is 0 Å². The van der Waals surface area contributed by atoms with Crippen LogP contribution < -0.4 is 9.47 Å². The van der Waals surface area contributed by atoms with Gasteiger partial charge in [0.15, 0.2) is 0 Å². The lowest BCUT2D eigenvalue weighted by atomic mass is 10.1. The standard InChI is InChI=1S/C23H28N2O4/c1-3-29-20-9-7-18(8-10-20)16-22(26)24-11-13-25(14-12-24)23(27)17-19-5-4-6-21(15-19)28-2/h4-10,15H,3,11-14,16-17H2,1-2H3. The van der Waals surface area contributed by atoms with Crippen LogP contribution >= 0.6 is 0 Å². The lowest BCUT2D eigenvalue weighted by Crippen LogP contribution is -2.51. The summed E-state index contributed by atoms with van der Waals surface area (Å²) in [6, 6.07) is 15.2. The molecule has 2 aromatic carbocycles. The lowest BCUT2D eigenvalue weighted by molar-refractivity contribution is -0.138. The van der Waals surface area contributed by atoms with Gasteiger partial charge < -0.3 is 19.3 Å². The minimum absolute atomic E-state index is 0.0804. The fourth-order valence-electron chi connectivity index (χ4n) is 3.43. The van der Waals surface area contributed by atoms with Gasteiger partial charge in [0, 0.05) is 26.2 Å². The lowest BCUT2D eigenvalue weighted by Gasteiger charge is -2.35. The molecule has 1 saturated heterocycles. The molecule has 154 valence electrons. The van der Waals surface area contributed by atoms with Crippen molar-refractivity contribution in [3.8, 4) is 11.5 Å². The largest absolute Gasteiger partial charge is 0.497 e. The first-order chi connectivity index (χ1) is 14.1. The summed E-state index contributed by atoms with van der Waals surface area (Å²) < 4.78 is 10.6. The van der Waals surface area contributed by atoms with Gasteiger partial charge in [-0.15, -0.1) is 0 Å². The molecule has 3 rings (SSSR count). The maximum Gasteiger partial charge on any atom is 0.227 e. The summed E-state index contributed by atoms with van der Waals surface area (Å²) in [6.07, 6.45) is 0.710. The van der Waals surface area contributed by atoms with Crippen LogP contribution in [0.5, 0.6) is 11.5 Å². The zero-order valence-electron chi connectivity index (χ0n) is 17.1. The van der Waals surface area contributed by atoms with Crippen LogP contribution in [0.1, 0.15) is 18.1 Å². The van der Waals surface area contributed by atoms with Crippen LogP contribution in [0.15, 0.2) is 48.5 Å². The normalized spacial score (nSPS) is 13.9. The van der Waals surface area contributed by atoms with Gasteiger partial charge in [-0.2, -0.15) is 0 Å². The molecule has 29 heavy (non-hydrogen) atoms. The van der Waals surface area contributed by atoms with Crippen LogP contribution in [-0.2, 0) is 22.4 Å². The molecular weight excluding hydrogens is 368 g/mol. The Balaban J connectivity index is 1.47. The van der Waals surface area contributed by atoms with Crippen molar-refractivity contribution in [2.24, 2.45) is 0 Å². The van der Waals surface area contributed by atoms with E-state index in [0.29, 0.717) is 45.6 Å². The van der Waals surface area contributed by atoms with E-state index in [1.54, 1.807) is 7.11 Å². The number of hydrogen-bond acceptors (Lipinski definition) is 4. The van der Waals surface area contributed by atoms with Crippen LogP contribution in [0.25, 0.3) is 0 Å². The van der Waals surface area contributed by atoms with E-state index in [1.165, 1.54) is 0 Å². The fourth-order valence-corrected chi connectivity index (χ4v) is 3.43. The third-order valence-corrected chi connectivity index (χ3v) is 5.06. The number of methoxy groups -OCH3 is 1. The molecule has 0 saturated carbocycles. The summed E-state index contributed by atoms with van der Waals surface area (Å²) in [7, 11) is 1.62. The number of carbonyl (C=O) groups is 2. The summed E-state index contributed by atoms with van der Waals surface area (Å²) in [5.41, 5.74) is 1.90. The molecule has 0 atom stereocenters. The van der Waals surface area contributed by atoms with Gasteiger partial charge in [-0.05, 0) is 42.3 Å². The summed E-state index contributed by atoms with van der Waals surface area (Å²) in [6.45, 7) is 4.84. The van der Waals surface area contributed by atoms with Gasteiger partial charge in [0.25, 0.3) is 0 Å². The second kappa shape index (κ2) is 9.96. The van der Waals surface area contributed by atoms with Gasteiger partial charge in [-0.3, -0.25) is 9.59 Å². The molecule has 2 amide bonds. The topological polar surface area (TPSA) is 59.1 Å². The quantitative estimate of drug-likeness (QED) is 0.722. The van der Waals surface area contributed by atoms with Crippen LogP contribution in [0.4, 0.5) is 0 Å². The molecule has 0 unspecified atom stereocenters. The monoisotopic (exact) mass is 396 g/mol. The fraction of sp³-hybridized carbons (Fsp3) is 0.391. The second-order valence-electron chi connectivity index (χ2n) is 7.04. The molecule has 1 aliphatic rings. The molecule has 0 aromatic heterocycles. The Labute approximate surface area is 172 Å². The predicted octanol–water partition coefficient (Wildman–Crippen LogP) is 2.55. The Morgan fingerprint density at radius 1 is 0.828 bits per heavy atom. The number of rotatable bonds is 7. The molecule has 2 aromatic rings. The molecule has 0 spiro atoms. The number of ether oxygens (including phenoxy) is 2. The number of nitrogens with zero attached hydrogens (tertiary/aromatic N) is 2. The number of carbonyl (C=O) groups excluding carboxylic acids is 2. The Kier molecular flexibility index (Phi) is 7.11. The van der Waals surface area contributed by atoms with Crippen molar-refractivity contribution in [1.29, 1.82) is 0 Å². The summed E-state index contributed by atoms with van der Waals surface area (Å²) in [5, 5.41) is 0. The molecule has 0 aliphatic carbocycles. The number of benzene rings is 2. The average molecular weight is 396 g/mol. The maximum atomic E-state index is 12.6. The van der Waals surface area contributed by atoms with Crippen molar-refractivity contribution in [3.05, 3.63) is 59.7 Å². The van der Waals surface area contributed by atoms with E-state index in [2.05, 4.69) is 0 Å². The highest BCUT2D eigenvalue weighted by molar-refractivity contribution is 5.81. The molecule has 1 aliphatic heterocycles. The van der Waals surface area contributed by atoms with Gasteiger partial charge >= 0.3 is 0 Å². The zero-order chi connectivity index (χ0) is 20.6. The minimum Gasteiger partial charge on any atom is -0.497 e.